The molecule has 0 saturated heterocycles. The van der Waals surface area contributed by atoms with Gasteiger partial charge in [0.2, 0.25) is 0 Å². The Labute approximate surface area is 188 Å². The van der Waals surface area contributed by atoms with Gasteiger partial charge >= 0.3 is 0 Å². The number of rotatable bonds is 8. The molecule has 3 aromatic rings. The summed E-state index contributed by atoms with van der Waals surface area (Å²) in [5.41, 5.74) is 3.07. The van der Waals surface area contributed by atoms with Gasteiger partial charge in [-0.05, 0) is 66.9 Å². The largest absolute Gasteiger partial charge is 0.374 e. The van der Waals surface area contributed by atoms with E-state index in [1.165, 1.54) is 30.3 Å². The molecule has 0 amide bonds. The fraction of sp³-hybridized carbons (Fsp3) is 0.318. The van der Waals surface area contributed by atoms with Crippen molar-refractivity contribution < 1.29 is 21.2 Å². The third-order valence-corrected chi connectivity index (χ3v) is 7.40. The first kappa shape index (κ1) is 23.9. The Kier molecular flexibility index (Phi) is 6.75. The van der Waals surface area contributed by atoms with E-state index in [0.717, 1.165) is 29.5 Å². The molecule has 0 N–H and O–H groups in total. The maximum atomic E-state index is 13.2. The van der Waals surface area contributed by atoms with Crippen LogP contribution >= 0.6 is 0 Å². The zero-order valence-corrected chi connectivity index (χ0v) is 20.0. The van der Waals surface area contributed by atoms with Gasteiger partial charge in [-0.15, -0.1) is 0 Å². The molecular weight excluding hydrogens is 453 g/mol. The molecule has 0 aliphatic rings. The van der Waals surface area contributed by atoms with Crippen LogP contribution in [0, 0.1) is 5.82 Å². The summed E-state index contributed by atoms with van der Waals surface area (Å²) in [4.78, 5) is 1.75. The Hall–Kier alpha value is -2.72. The van der Waals surface area contributed by atoms with Gasteiger partial charge in [0, 0.05) is 33.2 Å². The molecule has 32 heavy (non-hydrogen) atoms. The smallest absolute Gasteiger partial charge is 0.177 e. The van der Waals surface area contributed by atoms with Crippen LogP contribution < -0.4 is 4.90 Å². The van der Waals surface area contributed by atoms with Crippen molar-refractivity contribution in [1.29, 1.82) is 0 Å². The van der Waals surface area contributed by atoms with Gasteiger partial charge in [0.15, 0.2) is 19.7 Å². The molecule has 0 aliphatic carbocycles. The van der Waals surface area contributed by atoms with E-state index in [1.54, 1.807) is 28.8 Å². The molecule has 2 aromatic carbocycles. The van der Waals surface area contributed by atoms with Gasteiger partial charge < -0.3 is 4.90 Å². The topological polar surface area (TPSA) is 89.3 Å². The molecule has 10 heteroatoms. The van der Waals surface area contributed by atoms with Crippen LogP contribution in [-0.4, -0.2) is 52.7 Å². The summed E-state index contributed by atoms with van der Waals surface area (Å²) in [7, 11) is -3.55. The van der Waals surface area contributed by atoms with Crippen molar-refractivity contribution >= 4 is 25.4 Å². The summed E-state index contributed by atoms with van der Waals surface area (Å²) in [6, 6.07) is 12.3. The fourth-order valence-electron chi connectivity index (χ4n) is 3.49. The van der Waals surface area contributed by atoms with Crippen LogP contribution in [0.15, 0.2) is 58.3 Å². The third kappa shape index (κ3) is 5.55. The zero-order valence-electron chi connectivity index (χ0n) is 18.4. The first-order valence-electron chi connectivity index (χ1n) is 9.90. The number of hydrogen-bond acceptors (Lipinski definition) is 6. The van der Waals surface area contributed by atoms with Gasteiger partial charge in [0.25, 0.3) is 0 Å². The van der Waals surface area contributed by atoms with Crippen molar-refractivity contribution in [2.24, 2.45) is 7.05 Å². The molecule has 0 atom stereocenters. The minimum atomic E-state index is -3.62. The number of aryl methyl sites for hydroxylation is 2. The van der Waals surface area contributed by atoms with Gasteiger partial charge in [-0.1, -0.05) is 0 Å². The Morgan fingerprint density at radius 1 is 0.969 bits per heavy atom. The van der Waals surface area contributed by atoms with E-state index < -0.39 is 19.7 Å². The minimum absolute atomic E-state index is 0.0145. The highest BCUT2D eigenvalue weighted by Gasteiger charge is 2.20. The summed E-state index contributed by atoms with van der Waals surface area (Å²) < 4.78 is 63.1. The number of hydrogen-bond donors (Lipinski definition) is 0. The highest BCUT2D eigenvalue weighted by atomic mass is 32.2. The molecule has 7 nitrogen and oxygen atoms in total. The predicted molar refractivity (Wildman–Crippen MR) is 123 cm³/mol. The highest BCUT2D eigenvalue weighted by Crippen LogP contribution is 2.28. The molecule has 172 valence electrons. The van der Waals surface area contributed by atoms with Crippen molar-refractivity contribution in [3.8, 4) is 11.3 Å². The standard InChI is InChI=1S/C22H26FN3O4S2/c1-25(20-12-11-19(31(3,27)28)15-22(20)32(4,29)30)13-5-6-18-14-21(26(2)24-18)16-7-9-17(23)10-8-16/h7-12,14-15H,5-6,13H2,1-4H3. The molecule has 1 aromatic heterocycles. The molecule has 0 fully saturated rings. The molecule has 0 saturated carbocycles. The van der Waals surface area contributed by atoms with Gasteiger partial charge in [-0.2, -0.15) is 5.10 Å². The Bertz CT molecular complexity index is 1330. The summed E-state index contributed by atoms with van der Waals surface area (Å²) in [5.74, 6) is -0.294. The molecule has 0 spiro atoms. The zero-order chi connectivity index (χ0) is 23.7. The van der Waals surface area contributed by atoms with E-state index in [1.807, 2.05) is 13.1 Å². The number of halogens is 1. The molecule has 0 aliphatic heterocycles. The maximum Gasteiger partial charge on any atom is 0.177 e. The molecular formula is C22H26FN3O4S2. The average molecular weight is 480 g/mol. The number of aromatic nitrogens is 2. The molecule has 0 radical (unpaired) electrons. The number of nitrogens with zero attached hydrogens (tertiary/aromatic N) is 3. The fourth-order valence-corrected chi connectivity index (χ4v) is 5.16. The quantitative estimate of drug-likeness (QED) is 0.493. The number of sulfone groups is 2. The summed E-state index contributed by atoms with van der Waals surface area (Å²) in [5, 5.41) is 4.52. The first-order chi connectivity index (χ1) is 14.9. The lowest BCUT2D eigenvalue weighted by molar-refractivity contribution is 0.599. The number of benzene rings is 2. The summed E-state index contributed by atoms with van der Waals surface area (Å²) in [6.45, 7) is 0.545. The van der Waals surface area contributed by atoms with Crippen LogP contribution in [0.25, 0.3) is 11.3 Å². The van der Waals surface area contributed by atoms with E-state index in [9.17, 15) is 21.2 Å². The highest BCUT2D eigenvalue weighted by molar-refractivity contribution is 7.91. The Morgan fingerprint density at radius 3 is 2.22 bits per heavy atom. The molecule has 3 rings (SSSR count). The van der Waals surface area contributed by atoms with E-state index in [4.69, 9.17) is 0 Å². The van der Waals surface area contributed by atoms with E-state index in [-0.39, 0.29) is 15.6 Å². The second kappa shape index (κ2) is 9.03. The van der Waals surface area contributed by atoms with Gasteiger partial charge in [-0.25, -0.2) is 21.2 Å². The SMILES string of the molecule is CN(CCCc1cc(-c2ccc(F)cc2)n(C)n1)c1ccc(S(C)(=O)=O)cc1S(C)(=O)=O. The van der Waals surface area contributed by atoms with Crippen LogP contribution in [-0.2, 0) is 33.1 Å². The summed E-state index contributed by atoms with van der Waals surface area (Å²) in [6.07, 6.45) is 3.48. The lowest BCUT2D eigenvalue weighted by Gasteiger charge is -2.22. The lowest BCUT2D eigenvalue weighted by atomic mass is 10.1. The van der Waals surface area contributed by atoms with Crippen molar-refractivity contribution in [3.05, 3.63) is 60.0 Å². The Morgan fingerprint density at radius 2 is 1.62 bits per heavy atom. The van der Waals surface area contributed by atoms with Crippen molar-refractivity contribution in [2.75, 3.05) is 31.0 Å². The van der Waals surface area contributed by atoms with Gasteiger partial charge in [0.05, 0.1) is 26.9 Å². The Balaban J connectivity index is 1.73. The second-order valence-corrected chi connectivity index (χ2v) is 11.9. The molecule has 0 bridgehead atoms. The van der Waals surface area contributed by atoms with Crippen molar-refractivity contribution in [2.45, 2.75) is 22.6 Å². The normalized spacial score (nSPS) is 12.2. The van der Waals surface area contributed by atoms with Crippen LogP contribution in [0.4, 0.5) is 10.1 Å². The van der Waals surface area contributed by atoms with Crippen LogP contribution in [0.5, 0.6) is 0 Å². The van der Waals surface area contributed by atoms with E-state index in [2.05, 4.69) is 5.10 Å². The van der Waals surface area contributed by atoms with Gasteiger partial charge in [0.1, 0.15) is 5.82 Å². The third-order valence-electron chi connectivity index (χ3n) is 5.17. The monoisotopic (exact) mass is 479 g/mol. The minimum Gasteiger partial charge on any atom is -0.374 e. The van der Waals surface area contributed by atoms with Crippen molar-refractivity contribution in [3.63, 3.8) is 0 Å². The summed E-state index contributed by atoms with van der Waals surface area (Å²) >= 11 is 0. The maximum absolute atomic E-state index is 13.2. The lowest BCUT2D eigenvalue weighted by Crippen LogP contribution is -2.21. The molecule has 0 unspecified atom stereocenters. The van der Waals surface area contributed by atoms with E-state index >= 15 is 0 Å². The van der Waals surface area contributed by atoms with E-state index in [0.29, 0.717) is 25.1 Å². The van der Waals surface area contributed by atoms with Crippen LogP contribution in [0.2, 0.25) is 0 Å². The van der Waals surface area contributed by atoms with Crippen LogP contribution in [0.3, 0.4) is 0 Å². The number of anilines is 1. The van der Waals surface area contributed by atoms with Crippen molar-refractivity contribution in [1.82, 2.24) is 9.78 Å². The average Bonchev–Trinajstić information content (AvgIpc) is 3.07. The predicted octanol–water partition coefficient (Wildman–Crippen LogP) is 3.10. The first-order valence-corrected chi connectivity index (χ1v) is 13.7. The molecule has 1 heterocycles. The van der Waals surface area contributed by atoms with Crippen LogP contribution in [0.1, 0.15) is 12.1 Å². The second-order valence-electron chi connectivity index (χ2n) is 7.85. The van der Waals surface area contributed by atoms with Gasteiger partial charge in [-0.3, -0.25) is 4.68 Å².